The van der Waals surface area contributed by atoms with Crippen LogP contribution in [0.25, 0.3) is 0 Å². The average Bonchev–Trinajstić information content (AvgIpc) is 3.08. The first-order valence-electron chi connectivity index (χ1n) is 22.3. The second kappa shape index (κ2) is 31.5. The first kappa shape index (κ1) is 50.1. The number of hydrogen-bond acceptors (Lipinski definition) is 4. The lowest BCUT2D eigenvalue weighted by molar-refractivity contribution is 0.0795. The Kier molecular flexibility index (Phi) is 31.5. The molecule has 0 N–H and O–H groups in total. The van der Waals surface area contributed by atoms with Gasteiger partial charge < -0.3 is 0 Å². The van der Waals surface area contributed by atoms with E-state index in [1.807, 2.05) is 0 Å². The van der Waals surface area contributed by atoms with Crippen LogP contribution in [0, 0.1) is 53.3 Å². The maximum atomic E-state index is 14.0. The summed E-state index contributed by atoms with van der Waals surface area (Å²) >= 11 is 0. The van der Waals surface area contributed by atoms with Crippen LogP contribution in [0.4, 0.5) is 0 Å². The first-order chi connectivity index (χ1) is 23.7. The Morgan fingerprint density at radius 3 is 0.700 bits per heavy atom. The van der Waals surface area contributed by atoms with Crippen molar-refractivity contribution in [2.75, 3.05) is 19.8 Å². The van der Waals surface area contributed by atoms with E-state index in [1.54, 1.807) is 0 Å². The highest BCUT2D eigenvalue weighted by Crippen LogP contribution is 2.51. The first-order valence-corrected chi connectivity index (χ1v) is 23.7. The number of hydrogen-bond donors (Lipinski definition) is 0. The van der Waals surface area contributed by atoms with E-state index in [0.717, 1.165) is 54.8 Å². The summed E-state index contributed by atoms with van der Waals surface area (Å²) in [5, 5.41) is 0. The molecule has 302 valence electrons. The Labute approximate surface area is 316 Å². The van der Waals surface area contributed by atoms with E-state index in [1.165, 1.54) is 116 Å². The second-order valence-electron chi connectivity index (χ2n) is 18.1. The third kappa shape index (κ3) is 29.6. The van der Waals surface area contributed by atoms with E-state index in [9.17, 15) is 4.57 Å². The van der Waals surface area contributed by atoms with Crippen molar-refractivity contribution in [1.29, 1.82) is 0 Å². The third-order valence-electron chi connectivity index (χ3n) is 12.0. The SMILES string of the molecule is CCC(C)CCCC(C)CCCC(C)COP(=O)(OCC(C)CCCC(C)CCCC(C)CC)OCC(C)CCCC(C)CCCC(C)CC. The van der Waals surface area contributed by atoms with Crippen LogP contribution in [0.1, 0.15) is 218 Å². The third-order valence-corrected chi connectivity index (χ3v) is 13.4. The predicted molar refractivity (Wildman–Crippen MR) is 222 cm³/mol. The van der Waals surface area contributed by atoms with Gasteiger partial charge in [-0.05, 0) is 72.5 Å². The Morgan fingerprint density at radius 2 is 0.500 bits per heavy atom. The number of phosphoric acid groups is 1. The molecule has 0 bridgehead atoms. The van der Waals surface area contributed by atoms with Crippen LogP contribution in [-0.4, -0.2) is 19.8 Å². The van der Waals surface area contributed by atoms with Crippen molar-refractivity contribution in [3.05, 3.63) is 0 Å². The molecule has 5 heteroatoms. The summed E-state index contributed by atoms with van der Waals surface area (Å²) in [6.07, 6.45) is 26.6. The van der Waals surface area contributed by atoms with Crippen LogP contribution in [0.2, 0.25) is 0 Å². The molecule has 0 aromatic heterocycles. The van der Waals surface area contributed by atoms with Crippen LogP contribution < -0.4 is 0 Å². The molecule has 0 amide bonds. The van der Waals surface area contributed by atoms with E-state index >= 15 is 0 Å². The zero-order valence-corrected chi connectivity index (χ0v) is 37.1. The van der Waals surface area contributed by atoms with Gasteiger partial charge in [0, 0.05) is 0 Å². The van der Waals surface area contributed by atoms with Crippen LogP contribution in [0.3, 0.4) is 0 Å². The molecular weight excluding hydrogens is 635 g/mol. The van der Waals surface area contributed by atoms with Gasteiger partial charge in [0.2, 0.25) is 0 Å². The maximum Gasteiger partial charge on any atom is 0.474 e. The average molecular weight is 729 g/mol. The van der Waals surface area contributed by atoms with E-state index in [2.05, 4.69) is 83.1 Å². The maximum absolute atomic E-state index is 14.0. The molecule has 0 aliphatic rings. The zero-order valence-electron chi connectivity index (χ0n) is 36.2. The van der Waals surface area contributed by atoms with Gasteiger partial charge in [-0.1, -0.05) is 199 Å². The molecule has 0 heterocycles. The minimum atomic E-state index is -3.62. The highest BCUT2D eigenvalue weighted by molar-refractivity contribution is 7.48. The molecule has 0 rings (SSSR count). The van der Waals surface area contributed by atoms with Gasteiger partial charge in [-0.15, -0.1) is 0 Å². The Hall–Kier alpha value is 0.110. The van der Waals surface area contributed by atoms with Crippen molar-refractivity contribution in [3.63, 3.8) is 0 Å². The van der Waals surface area contributed by atoms with Crippen molar-refractivity contribution in [3.8, 4) is 0 Å². The van der Waals surface area contributed by atoms with Crippen molar-refractivity contribution < 1.29 is 18.1 Å². The van der Waals surface area contributed by atoms with E-state index in [4.69, 9.17) is 13.6 Å². The molecule has 4 nitrogen and oxygen atoms in total. The van der Waals surface area contributed by atoms with Gasteiger partial charge in [-0.2, -0.15) is 0 Å². The van der Waals surface area contributed by atoms with Crippen LogP contribution in [0.5, 0.6) is 0 Å². The van der Waals surface area contributed by atoms with Crippen molar-refractivity contribution in [2.45, 2.75) is 218 Å². The smallest absolute Gasteiger partial charge is 0.287 e. The second-order valence-corrected chi connectivity index (χ2v) is 19.8. The summed E-state index contributed by atoms with van der Waals surface area (Å²) in [6, 6.07) is 0. The Balaban J connectivity index is 4.82. The fraction of sp³-hybridized carbons (Fsp3) is 1.00. The predicted octanol–water partition coefficient (Wildman–Crippen LogP) is 16.1. The molecule has 0 aromatic rings. The largest absolute Gasteiger partial charge is 0.474 e. The topological polar surface area (TPSA) is 44.8 Å². The molecule has 0 spiro atoms. The van der Waals surface area contributed by atoms with Gasteiger partial charge in [0.05, 0.1) is 19.8 Å². The molecule has 0 saturated heterocycles. The summed E-state index contributed by atoms with van der Waals surface area (Å²) in [5.74, 6) is 5.86. The monoisotopic (exact) mass is 729 g/mol. The minimum absolute atomic E-state index is 0.335. The highest BCUT2D eigenvalue weighted by atomic mass is 31.2. The normalized spacial score (nSPS) is 18.9. The van der Waals surface area contributed by atoms with Crippen LogP contribution >= 0.6 is 7.82 Å². The highest BCUT2D eigenvalue weighted by Gasteiger charge is 2.29. The molecule has 0 aromatic carbocycles. The van der Waals surface area contributed by atoms with Gasteiger partial charge in [-0.25, -0.2) is 4.57 Å². The van der Waals surface area contributed by atoms with E-state index in [-0.39, 0.29) is 0 Å². The molecular formula is C45H93O4P. The Morgan fingerprint density at radius 1 is 0.320 bits per heavy atom. The molecule has 0 aliphatic heterocycles. The number of phosphoric ester groups is 1. The summed E-state index contributed by atoms with van der Waals surface area (Å²) in [6.45, 7) is 29.2. The molecule has 9 atom stereocenters. The molecule has 0 radical (unpaired) electrons. The summed E-state index contributed by atoms with van der Waals surface area (Å²) < 4.78 is 32.3. The molecule has 9 unspecified atom stereocenters. The quantitative estimate of drug-likeness (QED) is 0.0603. The van der Waals surface area contributed by atoms with Crippen LogP contribution in [-0.2, 0) is 18.1 Å². The van der Waals surface area contributed by atoms with E-state index < -0.39 is 7.82 Å². The van der Waals surface area contributed by atoms with E-state index in [0.29, 0.717) is 37.6 Å². The number of rotatable bonds is 36. The molecule has 0 saturated carbocycles. The summed E-state index contributed by atoms with van der Waals surface area (Å²) in [7, 11) is -3.62. The van der Waals surface area contributed by atoms with Gasteiger partial charge >= 0.3 is 7.82 Å². The lowest BCUT2D eigenvalue weighted by atomic mass is 9.93. The zero-order chi connectivity index (χ0) is 37.8. The Bertz CT molecular complexity index is 689. The molecule has 50 heavy (non-hydrogen) atoms. The van der Waals surface area contributed by atoms with Gasteiger partial charge in [0.15, 0.2) is 0 Å². The molecule has 0 aliphatic carbocycles. The standard InChI is InChI=1S/C45H93O4P/c1-13-37(4)22-16-25-40(7)28-19-31-43(10)34-47-50(46,48-35-44(11)32-20-29-41(8)26-17-23-38(5)14-2)49-36-45(12)33-21-30-42(9)27-18-24-39(6)15-3/h37-45H,13-36H2,1-12H3. The summed E-state index contributed by atoms with van der Waals surface area (Å²) in [5.41, 5.74) is 0. The van der Waals surface area contributed by atoms with Crippen molar-refractivity contribution >= 4 is 7.82 Å². The van der Waals surface area contributed by atoms with Gasteiger partial charge in [0.25, 0.3) is 0 Å². The molecule has 0 fully saturated rings. The lowest BCUT2D eigenvalue weighted by Crippen LogP contribution is -2.14. The van der Waals surface area contributed by atoms with Gasteiger partial charge in [-0.3, -0.25) is 13.6 Å². The van der Waals surface area contributed by atoms with Crippen molar-refractivity contribution in [2.24, 2.45) is 53.3 Å². The van der Waals surface area contributed by atoms with Crippen LogP contribution in [0.15, 0.2) is 0 Å². The lowest BCUT2D eigenvalue weighted by Gasteiger charge is -2.24. The summed E-state index contributed by atoms with van der Waals surface area (Å²) in [4.78, 5) is 0. The fourth-order valence-electron chi connectivity index (χ4n) is 6.95. The minimum Gasteiger partial charge on any atom is -0.287 e. The van der Waals surface area contributed by atoms with Crippen molar-refractivity contribution in [1.82, 2.24) is 0 Å². The van der Waals surface area contributed by atoms with Gasteiger partial charge in [0.1, 0.15) is 0 Å². The fourth-order valence-corrected chi connectivity index (χ4v) is 8.49.